The predicted molar refractivity (Wildman–Crippen MR) is 264 cm³/mol. The summed E-state index contributed by atoms with van der Waals surface area (Å²) in [4.78, 5) is 5.56. The van der Waals surface area contributed by atoms with E-state index >= 15 is 4.57 Å². The number of aromatic nitrogens is 2. The van der Waals surface area contributed by atoms with Crippen molar-refractivity contribution < 1.29 is 4.57 Å². The Morgan fingerprint density at radius 1 is 0.377 bits per heavy atom. The normalized spacial score (nSPS) is 12.4. The van der Waals surface area contributed by atoms with E-state index in [2.05, 4.69) is 214 Å². The molecule has 6 heteroatoms. The SMILES string of the molecule is O=P(c1ccc2ccccc2c1)(c1ccc2ccccc2c1)c1ccc2c(c1)nc1c3c4ccccc4ccc3c3ccc(P(=[Se])(c4ccccc4)c4ccccc4)cc3n21. The number of benzene rings is 10. The van der Waals surface area contributed by atoms with Crippen molar-refractivity contribution in [2.75, 3.05) is 0 Å². The number of rotatable bonds is 6. The van der Waals surface area contributed by atoms with Gasteiger partial charge in [-0.3, -0.25) is 0 Å². The van der Waals surface area contributed by atoms with Crippen LogP contribution in [0, 0.1) is 0 Å². The topological polar surface area (TPSA) is 34.4 Å². The van der Waals surface area contributed by atoms with E-state index in [1.54, 1.807) is 0 Å². The molecule has 0 radical (unpaired) electrons. The molecular formula is C55H36N2OP2Se. The fourth-order valence-corrected chi connectivity index (χ4v) is 17.1. The van der Waals surface area contributed by atoms with Crippen LogP contribution in [-0.4, -0.2) is 24.5 Å². The molecule has 61 heavy (non-hydrogen) atoms. The molecule has 2 aromatic heterocycles. The van der Waals surface area contributed by atoms with Gasteiger partial charge in [-0.15, -0.1) is 0 Å². The molecule has 12 rings (SSSR count). The van der Waals surface area contributed by atoms with Crippen LogP contribution in [-0.2, 0) is 4.57 Å². The first kappa shape index (κ1) is 36.5. The van der Waals surface area contributed by atoms with Crippen molar-refractivity contribution in [2.45, 2.75) is 0 Å². The van der Waals surface area contributed by atoms with Gasteiger partial charge < -0.3 is 0 Å². The van der Waals surface area contributed by atoms with Crippen LogP contribution >= 0.6 is 12.7 Å². The van der Waals surface area contributed by atoms with Crippen LogP contribution in [0.5, 0.6) is 0 Å². The van der Waals surface area contributed by atoms with Crippen LogP contribution in [0.3, 0.4) is 0 Å². The third-order valence-electron chi connectivity index (χ3n) is 12.5. The summed E-state index contributed by atoms with van der Waals surface area (Å²) in [5, 5.41) is 16.3. The molecule has 288 valence electrons. The fourth-order valence-electron chi connectivity index (χ4n) is 9.46. The summed E-state index contributed by atoms with van der Waals surface area (Å²) in [6, 6.07) is 77.3. The first-order valence-electron chi connectivity index (χ1n) is 20.5. The zero-order valence-electron chi connectivity index (χ0n) is 32.9. The molecule has 3 nitrogen and oxygen atoms in total. The van der Waals surface area contributed by atoms with Crippen LogP contribution in [0.2, 0.25) is 0 Å². The molecule has 0 saturated heterocycles. The van der Waals surface area contributed by atoms with Crippen molar-refractivity contribution in [1.82, 2.24) is 9.38 Å². The molecule has 0 fully saturated rings. The third-order valence-corrected chi connectivity index (χ3v) is 22.5. The number of pyridine rings is 1. The standard InChI is InChI=1S/C55H36N2OP2Se/c58-59(44-26-23-37-13-7-9-16-40(37)33-44,45-27-24-38-14-8-10-17-41(38)34-45)46-29-32-52-51(35-46)56-55-54-48-22-12-11-15-39(48)25-30-50(54)49-31-28-47(36-53(49)57(52)55)60(61,42-18-3-1-4-19-42)43-20-5-2-6-21-43/h1-36H. The van der Waals surface area contributed by atoms with Crippen LogP contribution in [0.1, 0.15) is 0 Å². The van der Waals surface area contributed by atoms with Crippen molar-refractivity contribution in [3.63, 3.8) is 0 Å². The third kappa shape index (κ3) is 5.61. The first-order valence-corrected chi connectivity index (χ1v) is 26.2. The number of imidazole rings is 1. The second-order valence-electron chi connectivity index (χ2n) is 15.8. The number of hydrogen-bond acceptors (Lipinski definition) is 2. The van der Waals surface area contributed by atoms with Crippen molar-refractivity contribution in [1.29, 1.82) is 0 Å². The maximum absolute atomic E-state index is 16.4. The second kappa shape index (κ2) is 14.1. The van der Waals surface area contributed by atoms with Gasteiger partial charge >= 0.3 is 280 Å². The molecule has 0 unspecified atom stereocenters. The summed E-state index contributed by atoms with van der Waals surface area (Å²) < 4.78 is 18.7. The average molecular weight is 882 g/mol. The Bertz CT molecular complexity index is 3720. The van der Waals surface area contributed by atoms with Crippen molar-refractivity contribution in [3.8, 4) is 0 Å². The molecule has 0 aliphatic rings. The molecule has 0 spiro atoms. The molecule has 0 bridgehead atoms. The van der Waals surface area contributed by atoms with E-state index in [-0.39, 0.29) is 0 Å². The van der Waals surface area contributed by atoms with E-state index in [4.69, 9.17) is 4.98 Å². The summed E-state index contributed by atoms with van der Waals surface area (Å²) in [6.07, 6.45) is 0. The first-order chi connectivity index (χ1) is 30.0. The van der Waals surface area contributed by atoms with Gasteiger partial charge in [0, 0.05) is 0 Å². The van der Waals surface area contributed by atoms with Gasteiger partial charge in [0.05, 0.1) is 0 Å². The zero-order valence-corrected chi connectivity index (χ0v) is 36.4. The Morgan fingerprint density at radius 2 is 0.869 bits per heavy atom. The molecule has 0 amide bonds. The quantitative estimate of drug-likeness (QED) is 0.0947. The Kier molecular flexibility index (Phi) is 8.43. The van der Waals surface area contributed by atoms with Crippen LogP contribution in [0.15, 0.2) is 218 Å². The van der Waals surface area contributed by atoms with E-state index in [1.807, 2.05) is 24.3 Å². The summed E-state index contributed by atoms with van der Waals surface area (Å²) in [5.74, 6) is 0. The molecular weight excluding hydrogens is 846 g/mol. The monoisotopic (exact) mass is 882 g/mol. The predicted octanol–water partition coefficient (Wildman–Crippen LogP) is 11.3. The zero-order chi connectivity index (χ0) is 40.7. The van der Waals surface area contributed by atoms with E-state index in [1.165, 1.54) is 21.3 Å². The van der Waals surface area contributed by atoms with Crippen molar-refractivity contribution in [2.24, 2.45) is 0 Å². The van der Waals surface area contributed by atoms with Gasteiger partial charge in [-0.1, -0.05) is 60.7 Å². The molecule has 0 N–H and O–H groups in total. The molecule has 10 aromatic carbocycles. The van der Waals surface area contributed by atoms with Gasteiger partial charge in [-0.25, -0.2) is 0 Å². The number of hydrogen-bond donors (Lipinski definition) is 0. The van der Waals surface area contributed by atoms with Crippen molar-refractivity contribution >= 4 is 130 Å². The van der Waals surface area contributed by atoms with E-state index in [0.29, 0.717) is 0 Å². The van der Waals surface area contributed by atoms with Gasteiger partial charge in [-0.2, -0.15) is 0 Å². The second-order valence-corrected chi connectivity index (χ2v) is 24.8. The van der Waals surface area contributed by atoms with Crippen LogP contribution < -0.4 is 31.8 Å². The Morgan fingerprint density at radius 3 is 1.51 bits per heavy atom. The summed E-state index contributed by atoms with van der Waals surface area (Å²) in [6.45, 7) is 0. The molecule has 0 aliphatic carbocycles. The van der Waals surface area contributed by atoms with Gasteiger partial charge in [0.25, 0.3) is 0 Å². The van der Waals surface area contributed by atoms with Gasteiger partial charge in [0.2, 0.25) is 0 Å². The molecule has 0 atom stereocenters. The Hall–Kier alpha value is -6.37. The Balaban J connectivity index is 1.17. The molecule has 0 aliphatic heterocycles. The minimum atomic E-state index is -3.42. The summed E-state index contributed by atoms with van der Waals surface area (Å²) in [7, 11) is -3.42. The summed E-state index contributed by atoms with van der Waals surface area (Å²) in [5.41, 5.74) is 1.58. The minimum absolute atomic E-state index is 0.759. The van der Waals surface area contributed by atoms with Gasteiger partial charge in [0.1, 0.15) is 0 Å². The summed E-state index contributed by atoms with van der Waals surface area (Å²) >= 11 is 3.78. The number of nitrogens with zero attached hydrogens (tertiary/aromatic N) is 2. The van der Waals surface area contributed by atoms with Crippen LogP contribution in [0.25, 0.3) is 70.7 Å². The Labute approximate surface area is 360 Å². The molecule has 0 saturated carbocycles. The number of fused-ring (bicyclic) bond motifs is 12. The maximum atomic E-state index is 16.4. The molecule has 2 heterocycles. The van der Waals surface area contributed by atoms with E-state index in [9.17, 15) is 0 Å². The van der Waals surface area contributed by atoms with Crippen molar-refractivity contribution in [3.05, 3.63) is 218 Å². The van der Waals surface area contributed by atoms with E-state index < -0.39 is 12.7 Å². The van der Waals surface area contributed by atoms with Gasteiger partial charge in [-0.05, 0) is 21.5 Å². The fraction of sp³-hybridized carbons (Fsp3) is 0. The van der Waals surface area contributed by atoms with Gasteiger partial charge in [0.15, 0.2) is 0 Å². The van der Waals surface area contributed by atoms with Crippen LogP contribution in [0.4, 0.5) is 0 Å². The molecule has 12 aromatic rings. The van der Waals surface area contributed by atoms with E-state index in [0.717, 1.165) is 81.2 Å². The average Bonchev–Trinajstić information content (AvgIpc) is 3.72.